The molecule has 1 amide bonds. The summed E-state index contributed by atoms with van der Waals surface area (Å²) < 4.78 is 7.54. The summed E-state index contributed by atoms with van der Waals surface area (Å²) in [6, 6.07) is 16.3. The second-order valence-electron chi connectivity index (χ2n) is 9.56. The number of aromatic nitrogens is 1. The topological polar surface area (TPSA) is 63.6 Å². The van der Waals surface area contributed by atoms with E-state index < -0.39 is 0 Å². The third-order valence-electron chi connectivity index (χ3n) is 7.00. The summed E-state index contributed by atoms with van der Waals surface area (Å²) in [4.78, 5) is 27.5. The molecule has 0 atom stereocenters. The van der Waals surface area contributed by atoms with Gasteiger partial charge in [0.1, 0.15) is 5.75 Å². The van der Waals surface area contributed by atoms with Crippen molar-refractivity contribution in [3.05, 3.63) is 65.4 Å². The lowest BCUT2D eigenvalue weighted by Gasteiger charge is -2.32. The van der Waals surface area contributed by atoms with Gasteiger partial charge in [-0.05, 0) is 56.4 Å². The molecule has 0 bridgehead atoms. The summed E-state index contributed by atoms with van der Waals surface area (Å²) in [6.07, 6.45) is 5.08. The Morgan fingerprint density at radius 1 is 1.06 bits per heavy atom. The van der Waals surface area contributed by atoms with Crippen LogP contribution in [0.5, 0.6) is 5.75 Å². The molecule has 1 aliphatic rings. The minimum absolute atomic E-state index is 0. The second kappa shape index (κ2) is 12.9. The Morgan fingerprint density at radius 3 is 2.44 bits per heavy atom. The highest BCUT2D eigenvalue weighted by atomic mass is 35.5. The number of fused-ring (bicyclic) bond motifs is 1. The van der Waals surface area contributed by atoms with Crippen LogP contribution in [0.25, 0.3) is 10.9 Å². The Labute approximate surface area is 220 Å². The van der Waals surface area contributed by atoms with E-state index in [1.165, 1.54) is 12.5 Å². The zero-order valence-corrected chi connectivity index (χ0v) is 22.4. The van der Waals surface area contributed by atoms with E-state index in [2.05, 4.69) is 52.0 Å². The van der Waals surface area contributed by atoms with Gasteiger partial charge in [0, 0.05) is 55.7 Å². The number of nitrogens with one attached hydrogen (secondary N) is 1. The number of aryl methyl sites for hydroxylation is 1. The van der Waals surface area contributed by atoms with Gasteiger partial charge in [0.2, 0.25) is 0 Å². The lowest BCUT2D eigenvalue weighted by Crippen LogP contribution is -2.45. The van der Waals surface area contributed by atoms with Gasteiger partial charge in [-0.1, -0.05) is 43.7 Å². The number of rotatable bonds is 9. The number of hydrogen-bond acceptors (Lipinski definition) is 4. The fourth-order valence-corrected chi connectivity index (χ4v) is 5.07. The highest BCUT2D eigenvalue weighted by molar-refractivity contribution is 6.09. The Kier molecular flexibility index (Phi) is 9.97. The number of ether oxygens (including phenoxy) is 1. The number of unbranched alkanes of at least 4 members (excludes halogenated alkanes) is 1. The van der Waals surface area contributed by atoms with E-state index >= 15 is 0 Å². The first-order chi connectivity index (χ1) is 17.0. The standard InChI is InChI=1S/C29H37N3O3.ClH/c1-4-5-16-32-21(2)28(26-20-25(35-22(3)33)11-12-27(26)32)29(34)30-24-14-18-31(19-15-24)17-13-23-9-7-6-8-10-23;/h6-12,20,24H,4-5,13-19H2,1-3H3,(H,30,34);1H. The number of carbonyl (C=O) groups is 2. The molecule has 194 valence electrons. The predicted molar refractivity (Wildman–Crippen MR) is 147 cm³/mol. The number of hydrogen-bond donors (Lipinski definition) is 1. The van der Waals surface area contributed by atoms with Crippen LogP contribution in [-0.4, -0.2) is 47.0 Å². The van der Waals surface area contributed by atoms with Gasteiger partial charge in [-0.15, -0.1) is 12.4 Å². The highest BCUT2D eigenvalue weighted by Gasteiger charge is 2.25. The number of amides is 1. The smallest absolute Gasteiger partial charge is 0.308 e. The molecule has 0 saturated carbocycles. The fourth-order valence-electron chi connectivity index (χ4n) is 5.07. The Morgan fingerprint density at radius 2 is 1.78 bits per heavy atom. The first kappa shape index (κ1) is 27.8. The van der Waals surface area contributed by atoms with Crippen molar-refractivity contribution in [2.75, 3.05) is 19.6 Å². The number of likely N-dealkylation sites (tertiary alicyclic amines) is 1. The van der Waals surface area contributed by atoms with Crippen molar-refractivity contribution in [2.24, 2.45) is 0 Å². The van der Waals surface area contributed by atoms with Gasteiger partial charge in [0.15, 0.2) is 0 Å². The molecule has 6 nitrogen and oxygen atoms in total. The van der Waals surface area contributed by atoms with Crippen LogP contribution in [0.15, 0.2) is 48.5 Å². The molecule has 1 aromatic heterocycles. The van der Waals surface area contributed by atoms with E-state index in [-0.39, 0.29) is 30.3 Å². The van der Waals surface area contributed by atoms with Crippen LogP contribution < -0.4 is 10.1 Å². The third-order valence-corrected chi connectivity index (χ3v) is 7.00. The summed E-state index contributed by atoms with van der Waals surface area (Å²) in [5, 5.41) is 4.15. The zero-order chi connectivity index (χ0) is 24.8. The molecular formula is C29H38ClN3O3. The lowest BCUT2D eigenvalue weighted by molar-refractivity contribution is -0.131. The maximum absolute atomic E-state index is 13.5. The van der Waals surface area contributed by atoms with Crippen molar-refractivity contribution < 1.29 is 14.3 Å². The number of halogens is 1. The zero-order valence-electron chi connectivity index (χ0n) is 21.6. The molecule has 2 heterocycles. The Bertz CT molecular complexity index is 1170. The molecule has 0 spiro atoms. The molecule has 1 N–H and O–H groups in total. The van der Waals surface area contributed by atoms with Crippen molar-refractivity contribution in [3.63, 3.8) is 0 Å². The summed E-state index contributed by atoms with van der Waals surface area (Å²) in [5.74, 6) is 0.0698. The average Bonchev–Trinajstić information content (AvgIpc) is 3.12. The summed E-state index contributed by atoms with van der Waals surface area (Å²) in [5.41, 5.74) is 4.03. The SMILES string of the molecule is CCCCn1c(C)c(C(=O)NC2CCN(CCc3ccccc3)CC2)c2cc(OC(C)=O)ccc21.Cl. The Balaban J connectivity index is 0.00000361. The van der Waals surface area contributed by atoms with Crippen LogP contribution in [0.3, 0.4) is 0 Å². The molecule has 36 heavy (non-hydrogen) atoms. The fraction of sp³-hybridized carbons (Fsp3) is 0.448. The van der Waals surface area contributed by atoms with Gasteiger partial charge in [-0.3, -0.25) is 9.59 Å². The first-order valence-electron chi connectivity index (χ1n) is 12.8. The summed E-state index contributed by atoms with van der Waals surface area (Å²) in [6.45, 7) is 9.47. The molecule has 0 aliphatic carbocycles. The molecule has 1 aliphatic heterocycles. The molecule has 1 fully saturated rings. The summed E-state index contributed by atoms with van der Waals surface area (Å²) in [7, 11) is 0. The van der Waals surface area contributed by atoms with Crippen LogP contribution in [0.1, 0.15) is 61.1 Å². The molecule has 2 aromatic carbocycles. The number of benzene rings is 2. The van der Waals surface area contributed by atoms with Gasteiger partial charge in [-0.25, -0.2) is 0 Å². The largest absolute Gasteiger partial charge is 0.427 e. The van der Waals surface area contributed by atoms with Crippen molar-refractivity contribution in [1.29, 1.82) is 0 Å². The van der Waals surface area contributed by atoms with Crippen molar-refractivity contribution in [3.8, 4) is 5.75 Å². The van der Waals surface area contributed by atoms with Gasteiger partial charge < -0.3 is 19.5 Å². The third kappa shape index (κ3) is 6.68. The molecular weight excluding hydrogens is 474 g/mol. The van der Waals surface area contributed by atoms with Crippen LogP contribution >= 0.6 is 12.4 Å². The monoisotopic (exact) mass is 511 g/mol. The predicted octanol–water partition coefficient (Wildman–Crippen LogP) is 5.53. The minimum Gasteiger partial charge on any atom is -0.427 e. The van der Waals surface area contributed by atoms with E-state index in [9.17, 15) is 9.59 Å². The van der Waals surface area contributed by atoms with Crippen LogP contribution in [0.2, 0.25) is 0 Å². The number of carbonyl (C=O) groups excluding carboxylic acids is 2. The second-order valence-corrected chi connectivity index (χ2v) is 9.56. The van der Waals surface area contributed by atoms with Gasteiger partial charge >= 0.3 is 5.97 Å². The molecule has 7 heteroatoms. The minimum atomic E-state index is -0.364. The van der Waals surface area contributed by atoms with Gasteiger partial charge in [0.05, 0.1) is 5.56 Å². The molecule has 4 rings (SSSR count). The van der Waals surface area contributed by atoms with Gasteiger partial charge in [0.25, 0.3) is 5.91 Å². The van der Waals surface area contributed by atoms with E-state index in [0.717, 1.165) is 74.9 Å². The number of esters is 1. The van der Waals surface area contributed by atoms with Crippen LogP contribution in [0, 0.1) is 6.92 Å². The van der Waals surface area contributed by atoms with Gasteiger partial charge in [-0.2, -0.15) is 0 Å². The molecule has 0 radical (unpaired) electrons. The quantitative estimate of drug-likeness (QED) is 0.303. The maximum atomic E-state index is 13.5. The van der Waals surface area contributed by atoms with E-state index in [1.807, 2.05) is 19.1 Å². The highest BCUT2D eigenvalue weighted by Crippen LogP contribution is 2.30. The maximum Gasteiger partial charge on any atom is 0.308 e. The van der Waals surface area contributed by atoms with E-state index in [4.69, 9.17) is 4.74 Å². The van der Waals surface area contributed by atoms with E-state index in [1.54, 1.807) is 6.07 Å². The van der Waals surface area contributed by atoms with Crippen molar-refractivity contribution >= 4 is 35.2 Å². The molecule has 0 unspecified atom stereocenters. The molecule has 1 saturated heterocycles. The Hall–Kier alpha value is -2.83. The van der Waals surface area contributed by atoms with Crippen LogP contribution in [-0.2, 0) is 17.8 Å². The summed E-state index contributed by atoms with van der Waals surface area (Å²) >= 11 is 0. The van der Waals surface area contributed by atoms with Crippen molar-refractivity contribution in [1.82, 2.24) is 14.8 Å². The average molecular weight is 512 g/mol. The molecule has 3 aromatic rings. The number of nitrogens with zero attached hydrogens (tertiary/aromatic N) is 2. The van der Waals surface area contributed by atoms with Crippen molar-refractivity contribution in [2.45, 2.75) is 65.5 Å². The number of piperidine rings is 1. The van der Waals surface area contributed by atoms with Crippen LogP contribution in [0.4, 0.5) is 0 Å². The van der Waals surface area contributed by atoms with E-state index in [0.29, 0.717) is 11.3 Å². The normalized spacial score (nSPS) is 14.4. The lowest BCUT2D eigenvalue weighted by atomic mass is 10.0. The first-order valence-corrected chi connectivity index (χ1v) is 12.8.